The minimum absolute atomic E-state index is 0.227. The lowest BCUT2D eigenvalue weighted by Crippen LogP contribution is -1.97. The Morgan fingerprint density at radius 1 is 0.941 bits per heavy atom. The van der Waals surface area contributed by atoms with Gasteiger partial charge in [-0.1, -0.05) is 0 Å². The molecule has 0 spiro atoms. The number of aliphatic hydroxyl groups is 1. The second-order valence-electron chi connectivity index (χ2n) is 3.71. The Balaban J connectivity index is 2.92. The summed E-state index contributed by atoms with van der Waals surface area (Å²) in [7, 11) is 4.80. The number of ether oxygens (including phenoxy) is 3. The van der Waals surface area contributed by atoms with Gasteiger partial charge < -0.3 is 19.3 Å². The summed E-state index contributed by atoms with van der Waals surface area (Å²) in [5, 5.41) is 8.76. The summed E-state index contributed by atoms with van der Waals surface area (Å²) in [5.74, 6) is 1.96. The molecule has 96 valence electrons. The van der Waals surface area contributed by atoms with E-state index in [1.165, 1.54) is 0 Å². The molecule has 17 heavy (non-hydrogen) atoms. The topological polar surface area (TPSA) is 47.9 Å². The maximum atomic E-state index is 8.76. The standard InChI is InChI=1S/C13H20O4/c1-15-11-8-10(6-4-5-7-14)9-12(16-2)13(11)17-3/h8-9,14H,4-7H2,1-3H3. The molecule has 1 N–H and O–H groups in total. The first-order valence-electron chi connectivity index (χ1n) is 5.66. The predicted molar refractivity (Wildman–Crippen MR) is 66.1 cm³/mol. The zero-order chi connectivity index (χ0) is 12.7. The summed E-state index contributed by atoms with van der Waals surface area (Å²) >= 11 is 0. The number of methoxy groups -OCH3 is 3. The number of aryl methyl sites for hydroxylation is 1. The summed E-state index contributed by atoms with van der Waals surface area (Å²) in [6, 6.07) is 3.89. The van der Waals surface area contributed by atoms with Gasteiger partial charge in [-0.3, -0.25) is 0 Å². The summed E-state index contributed by atoms with van der Waals surface area (Å²) in [5.41, 5.74) is 1.12. The van der Waals surface area contributed by atoms with Crippen LogP contribution in [0.2, 0.25) is 0 Å². The molecule has 0 atom stereocenters. The third kappa shape index (κ3) is 3.53. The fourth-order valence-corrected chi connectivity index (χ4v) is 1.72. The van der Waals surface area contributed by atoms with Crippen LogP contribution in [0.3, 0.4) is 0 Å². The van der Waals surface area contributed by atoms with Crippen molar-refractivity contribution in [2.45, 2.75) is 19.3 Å². The number of unbranched alkanes of at least 4 members (excludes halogenated alkanes) is 1. The molecule has 0 aromatic heterocycles. The number of hydrogen-bond acceptors (Lipinski definition) is 4. The van der Waals surface area contributed by atoms with Crippen LogP contribution in [0.1, 0.15) is 18.4 Å². The van der Waals surface area contributed by atoms with Crippen molar-refractivity contribution < 1.29 is 19.3 Å². The Labute approximate surface area is 102 Å². The van der Waals surface area contributed by atoms with Crippen molar-refractivity contribution in [3.63, 3.8) is 0 Å². The van der Waals surface area contributed by atoms with Gasteiger partial charge in [0.25, 0.3) is 0 Å². The van der Waals surface area contributed by atoms with E-state index < -0.39 is 0 Å². The lowest BCUT2D eigenvalue weighted by molar-refractivity contribution is 0.284. The van der Waals surface area contributed by atoms with Crippen LogP contribution in [0.15, 0.2) is 12.1 Å². The highest BCUT2D eigenvalue weighted by molar-refractivity contribution is 5.53. The first-order chi connectivity index (χ1) is 8.26. The van der Waals surface area contributed by atoms with Crippen LogP contribution in [-0.2, 0) is 6.42 Å². The molecule has 4 heteroatoms. The normalized spacial score (nSPS) is 10.1. The molecule has 0 aliphatic carbocycles. The molecule has 0 aliphatic heterocycles. The third-order valence-electron chi connectivity index (χ3n) is 2.60. The van der Waals surface area contributed by atoms with E-state index in [0.717, 1.165) is 24.8 Å². The molecule has 0 fully saturated rings. The van der Waals surface area contributed by atoms with E-state index >= 15 is 0 Å². The molecule has 0 saturated heterocycles. The molecule has 0 saturated carbocycles. The van der Waals surface area contributed by atoms with Crippen molar-refractivity contribution in [1.29, 1.82) is 0 Å². The van der Waals surface area contributed by atoms with Crippen LogP contribution in [0.5, 0.6) is 17.2 Å². The van der Waals surface area contributed by atoms with Gasteiger partial charge in [0.1, 0.15) is 0 Å². The molecular weight excluding hydrogens is 220 g/mol. The summed E-state index contributed by atoms with van der Waals surface area (Å²) < 4.78 is 15.8. The lowest BCUT2D eigenvalue weighted by Gasteiger charge is -2.14. The summed E-state index contributed by atoms with van der Waals surface area (Å²) in [6.45, 7) is 0.227. The second-order valence-corrected chi connectivity index (χ2v) is 3.71. The largest absolute Gasteiger partial charge is 0.493 e. The maximum absolute atomic E-state index is 8.76. The van der Waals surface area contributed by atoms with Gasteiger partial charge in [-0.05, 0) is 37.0 Å². The molecular formula is C13H20O4. The van der Waals surface area contributed by atoms with Crippen molar-refractivity contribution in [2.75, 3.05) is 27.9 Å². The number of hydrogen-bond donors (Lipinski definition) is 1. The Morgan fingerprint density at radius 2 is 1.53 bits per heavy atom. The van der Waals surface area contributed by atoms with Crippen LogP contribution >= 0.6 is 0 Å². The minimum Gasteiger partial charge on any atom is -0.493 e. The van der Waals surface area contributed by atoms with Crippen molar-refractivity contribution in [3.05, 3.63) is 17.7 Å². The summed E-state index contributed by atoms with van der Waals surface area (Å²) in [4.78, 5) is 0. The molecule has 1 aromatic carbocycles. The Hall–Kier alpha value is -1.42. The van der Waals surface area contributed by atoms with E-state index in [1.807, 2.05) is 12.1 Å². The molecule has 0 bridgehead atoms. The monoisotopic (exact) mass is 240 g/mol. The van der Waals surface area contributed by atoms with Crippen molar-refractivity contribution in [2.24, 2.45) is 0 Å². The van der Waals surface area contributed by atoms with Crippen LogP contribution in [0.25, 0.3) is 0 Å². The van der Waals surface area contributed by atoms with E-state index in [9.17, 15) is 0 Å². The van der Waals surface area contributed by atoms with Gasteiger partial charge >= 0.3 is 0 Å². The zero-order valence-corrected chi connectivity index (χ0v) is 10.7. The third-order valence-corrected chi connectivity index (χ3v) is 2.60. The lowest BCUT2D eigenvalue weighted by atomic mass is 10.1. The average molecular weight is 240 g/mol. The number of rotatable bonds is 7. The summed E-state index contributed by atoms with van der Waals surface area (Å²) in [6.07, 6.45) is 2.63. The molecule has 1 aromatic rings. The van der Waals surface area contributed by atoms with E-state index in [-0.39, 0.29) is 6.61 Å². The average Bonchev–Trinajstić information content (AvgIpc) is 2.37. The van der Waals surface area contributed by atoms with Crippen LogP contribution in [0.4, 0.5) is 0 Å². The van der Waals surface area contributed by atoms with E-state index in [1.54, 1.807) is 21.3 Å². The Kier molecular flexibility index (Phi) is 5.63. The predicted octanol–water partition coefficient (Wildman–Crippen LogP) is 2.03. The number of aliphatic hydroxyl groups excluding tert-OH is 1. The fraction of sp³-hybridized carbons (Fsp3) is 0.538. The zero-order valence-electron chi connectivity index (χ0n) is 10.7. The van der Waals surface area contributed by atoms with Gasteiger partial charge in [0.05, 0.1) is 21.3 Å². The van der Waals surface area contributed by atoms with Crippen molar-refractivity contribution in [3.8, 4) is 17.2 Å². The fourth-order valence-electron chi connectivity index (χ4n) is 1.72. The highest BCUT2D eigenvalue weighted by Gasteiger charge is 2.12. The van der Waals surface area contributed by atoms with Crippen molar-refractivity contribution in [1.82, 2.24) is 0 Å². The molecule has 0 amide bonds. The second kappa shape index (κ2) is 7.01. The molecule has 0 unspecified atom stereocenters. The smallest absolute Gasteiger partial charge is 0.203 e. The molecule has 0 aliphatic rings. The van der Waals surface area contributed by atoms with E-state index in [2.05, 4.69) is 0 Å². The highest BCUT2D eigenvalue weighted by Crippen LogP contribution is 2.38. The van der Waals surface area contributed by atoms with Gasteiger partial charge in [-0.25, -0.2) is 0 Å². The molecule has 4 nitrogen and oxygen atoms in total. The van der Waals surface area contributed by atoms with Gasteiger partial charge in [-0.15, -0.1) is 0 Å². The first kappa shape index (κ1) is 13.6. The highest BCUT2D eigenvalue weighted by atomic mass is 16.5. The molecule has 1 rings (SSSR count). The SMILES string of the molecule is COc1cc(CCCCO)cc(OC)c1OC. The minimum atomic E-state index is 0.227. The van der Waals surface area contributed by atoms with Gasteiger partial charge in [0.15, 0.2) is 11.5 Å². The molecule has 0 radical (unpaired) electrons. The first-order valence-corrected chi connectivity index (χ1v) is 5.66. The quantitative estimate of drug-likeness (QED) is 0.741. The van der Waals surface area contributed by atoms with Gasteiger partial charge in [0.2, 0.25) is 5.75 Å². The van der Waals surface area contributed by atoms with Crippen LogP contribution in [0, 0.1) is 0 Å². The Bertz CT molecular complexity index is 324. The maximum Gasteiger partial charge on any atom is 0.203 e. The van der Waals surface area contributed by atoms with Crippen LogP contribution < -0.4 is 14.2 Å². The van der Waals surface area contributed by atoms with E-state index in [0.29, 0.717) is 17.2 Å². The number of benzene rings is 1. The van der Waals surface area contributed by atoms with Crippen molar-refractivity contribution >= 4 is 0 Å². The Morgan fingerprint density at radius 3 is 1.94 bits per heavy atom. The van der Waals surface area contributed by atoms with E-state index in [4.69, 9.17) is 19.3 Å². The van der Waals surface area contributed by atoms with Gasteiger partial charge in [-0.2, -0.15) is 0 Å². The molecule has 0 heterocycles. The van der Waals surface area contributed by atoms with Gasteiger partial charge in [0, 0.05) is 6.61 Å². The van der Waals surface area contributed by atoms with Crippen LogP contribution in [-0.4, -0.2) is 33.0 Å².